The number of amides is 1. The molecule has 0 bridgehead atoms. The van der Waals surface area contributed by atoms with Crippen LogP contribution in [0.3, 0.4) is 0 Å². The van der Waals surface area contributed by atoms with Crippen molar-refractivity contribution in [2.24, 2.45) is 0 Å². The van der Waals surface area contributed by atoms with Crippen LogP contribution in [0.4, 0.5) is 8.78 Å². The molecule has 0 spiro atoms. The molecule has 1 fully saturated rings. The second kappa shape index (κ2) is 6.95. The number of likely N-dealkylation sites (tertiary alicyclic amines) is 1. The van der Waals surface area contributed by atoms with Gasteiger partial charge in [0.1, 0.15) is 0 Å². The summed E-state index contributed by atoms with van der Waals surface area (Å²) in [6, 6.07) is 8.98. The number of hydrogen-bond acceptors (Lipinski definition) is 3. The number of benzene rings is 1. The highest BCUT2D eigenvalue weighted by Gasteiger charge is 2.28. The van der Waals surface area contributed by atoms with Gasteiger partial charge in [-0.1, -0.05) is 0 Å². The maximum atomic E-state index is 12.5. The third kappa shape index (κ3) is 3.58. The first kappa shape index (κ1) is 17.6. The Morgan fingerprint density at radius 2 is 1.60 bits per heavy atom. The highest BCUT2D eigenvalue weighted by atomic mass is 32.2. The highest BCUT2D eigenvalue weighted by molar-refractivity contribution is 7.91. The van der Waals surface area contributed by atoms with Crippen LogP contribution in [0, 0.1) is 0 Å². The van der Waals surface area contributed by atoms with Gasteiger partial charge in [-0.25, -0.2) is 8.42 Å². The number of sulfone groups is 1. The van der Waals surface area contributed by atoms with Crippen LogP contribution in [0.25, 0.3) is 0 Å². The zero-order valence-electron chi connectivity index (χ0n) is 13.4. The number of nitrogens with zero attached hydrogens (tertiary/aromatic N) is 2. The van der Waals surface area contributed by atoms with Gasteiger partial charge in [0.25, 0.3) is 5.91 Å². The van der Waals surface area contributed by atoms with Crippen molar-refractivity contribution in [3.63, 3.8) is 0 Å². The molecule has 134 valence electrons. The van der Waals surface area contributed by atoms with E-state index < -0.39 is 20.5 Å². The Morgan fingerprint density at radius 1 is 1.04 bits per heavy atom. The number of carbonyl (C=O) groups is 1. The van der Waals surface area contributed by atoms with E-state index in [1.165, 1.54) is 12.1 Å². The van der Waals surface area contributed by atoms with Gasteiger partial charge < -0.3 is 9.47 Å². The first-order valence-corrected chi connectivity index (χ1v) is 9.48. The number of hydrogen-bond donors (Lipinski definition) is 0. The van der Waals surface area contributed by atoms with Crippen LogP contribution >= 0.6 is 0 Å². The van der Waals surface area contributed by atoms with E-state index in [0.717, 1.165) is 25.0 Å². The van der Waals surface area contributed by atoms with Crippen LogP contribution < -0.4 is 0 Å². The SMILES string of the molecule is O=C(c1ccc(S(=O)(=O)C(F)F)cc1)N1CCC(n2cccc2)CC1. The molecule has 25 heavy (non-hydrogen) atoms. The Hall–Kier alpha value is -2.22. The van der Waals surface area contributed by atoms with Gasteiger partial charge >= 0.3 is 5.76 Å². The Labute approximate surface area is 144 Å². The molecule has 1 aliphatic heterocycles. The van der Waals surface area contributed by atoms with Crippen LogP contribution in [0.5, 0.6) is 0 Å². The molecule has 0 atom stereocenters. The summed E-state index contributed by atoms with van der Waals surface area (Å²) >= 11 is 0. The van der Waals surface area contributed by atoms with Crippen molar-refractivity contribution in [1.82, 2.24) is 9.47 Å². The van der Waals surface area contributed by atoms with Crippen molar-refractivity contribution in [1.29, 1.82) is 0 Å². The predicted molar refractivity (Wildman–Crippen MR) is 88.2 cm³/mol. The maximum absolute atomic E-state index is 12.5. The average molecular weight is 368 g/mol. The van der Waals surface area contributed by atoms with Gasteiger partial charge in [0, 0.05) is 37.1 Å². The fourth-order valence-electron chi connectivity index (χ4n) is 3.03. The lowest BCUT2D eigenvalue weighted by atomic mass is 10.0. The lowest BCUT2D eigenvalue weighted by molar-refractivity contribution is 0.0694. The molecule has 0 aliphatic carbocycles. The maximum Gasteiger partial charge on any atom is 0.341 e. The minimum atomic E-state index is -4.64. The van der Waals surface area contributed by atoms with Crippen LogP contribution in [-0.2, 0) is 9.84 Å². The third-order valence-electron chi connectivity index (χ3n) is 4.47. The van der Waals surface area contributed by atoms with Gasteiger partial charge in [0.15, 0.2) is 0 Å². The molecule has 1 saturated heterocycles. The number of halogens is 2. The Bertz CT molecular complexity index is 825. The minimum absolute atomic E-state index is 0.216. The summed E-state index contributed by atoms with van der Waals surface area (Å²) in [4.78, 5) is 13.7. The van der Waals surface area contributed by atoms with Crippen LogP contribution in [0.2, 0.25) is 0 Å². The van der Waals surface area contributed by atoms with E-state index in [0.29, 0.717) is 24.7 Å². The zero-order valence-corrected chi connectivity index (χ0v) is 14.2. The summed E-state index contributed by atoms with van der Waals surface area (Å²) in [7, 11) is -4.64. The molecule has 1 amide bonds. The standard InChI is InChI=1S/C17H18F2N2O3S/c18-17(19)25(23,24)15-5-3-13(4-6-15)16(22)21-11-7-14(8-12-21)20-9-1-2-10-20/h1-6,9-10,14,17H,7-8,11-12H2. The molecule has 2 heterocycles. The summed E-state index contributed by atoms with van der Waals surface area (Å²) in [5, 5.41) is 0. The lowest BCUT2D eigenvalue weighted by Gasteiger charge is -2.32. The average Bonchev–Trinajstić information content (AvgIpc) is 3.16. The van der Waals surface area contributed by atoms with Crippen molar-refractivity contribution in [2.45, 2.75) is 29.5 Å². The molecule has 1 aromatic carbocycles. The van der Waals surface area contributed by atoms with Crippen LogP contribution in [-0.4, -0.2) is 42.6 Å². The second-order valence-corrected chi connectivity index (χ2v) is 7.90. The minimum Gasteiger partial charge on any atom is -0.351 e. The van der Waals surface area contributed by atoms with Gasteiger partial charge in [0.05, 0.1) is 4.90 Å². The predicted octanol–water partition coefficient (Wildman–Crippen LogP) is 2.96. The van der Waals surface area contributed by atoms with E-state index in [4.69, 9.17) is 0 Å². The smallest absolute Gasteiger partial charge is 0.341 e. The molecule has 5 nitrogen and oxygen atoms in total. The Morgan fingerprint density at radius 3 is 2.12 bits per heavy atom. The molecule has 0 unspecified atom stereocenters. The van der Waals surface area contributed by atoms with Gasteiger partial charge in [-0.3, -0.25) is 4.79 Å². The summed E-state index contributed by atoms with van der Waals surface area (Å²) in [6.07, 6.45) is 5.67. The van der Waals surface area contributed by atoms with E-state index in [1.807, 2.05) is 24.5 Å². The highest BCUT2D eigenvalue weighted by Crippen LogP contribution is 2.24. The number of piperidine rings is 1. The molecular weight excluding hydrogens is 350 g/mol. The van der Waals surface area contributed by atoms with Crippen molar-refractivity contribution in [3.05, 3.63) is 54.4 Å². The fraction of sp³-hybridized carbons (Fsp3) is 0.353. The number of carbonyl (C=O) groups excluding carboxylic acids is 1. The molecule has 3 rings (SSSR count). The topological polar surface area (TPSA) is 59.4 Å². The second-order valence-electron chi connectivity index (χ2n) is 5.98. The Balaban J connectivity index is 1.66. The first-order chi connectivity index (χ1) is 11.9. The fourth-order valence-corrected chi connectivity index (χ4v) is 3.75. The summed E-state index contributed by atoms with van der Waals surface area (Å²) in [5.41, 5.74) is 0.299. The van der Waals surface area contributed by atoms with Crippen molar-refractivity contribution in [2.75, 3.05) is 13.1 Å². The summed E-state index contributed by atoms with van der Waals surface area (Å²) in [6.45, 7) is 1.19. The molecule has 0 radical (unpaired) electrons. The number of aromatic nitrogens is 1. The van der Waals surface area contributed by atoms with Gasteiger partial charge in [0.2, 0.25) is 9.84 Å². The first-order valence-electron chi connectivity index (χ1n) is 7.93. The molecular formula is C17H18F2N2O3S. The normalized spacial score (nSPS) is 16.4. The Kier molecular flexibility index (Phi) is 4.89. The molecule has 2 aromatic rings. The zero-order chi connectivity index (χ0) is 18.0. The van der Waals surface area contributed by atoms with Crippen molar-refractivity contribution >= 4 is 15.7 Å². The molecule has 1 aromatic heterocycles. The number of alkyl halides is 2. The molecule has 0 N–H and O–H groups in total. The van der Waals surface area contributed by atoms with E-state index in [9.17, 15) is 22.0 Å². The summed E-state index contributed by atoms with van der Waals surface area (Å²) in [5.74, 6) is -3.69. The largest absolute Gasteiger partial charge is 0.351 e. The lowest BCUT2D eigenvalue weighted by Crippen LogP contribution is -2.38. The van der Waals surface area contributed by atoms with Gasteiger partial charge in [-0.2, -0.15) is 8.78 Å². The van der Waals surface area contributed by atoms with Gasteiger partial charge in [-0.05, 0) is 49.2 Å². The molecule has 0 saturated carbocycles. The molecule has 1 aliphatic rings. The van der Waals surface area contributed by atoms with Crippen molar-refractivity contribution in [3.8, 4) is 0 Å². The molecule has 8 heteroatoms. The van der Waals surface area contributed by atoms with Crippen molar-refractivity contribution < 1.29 is 22.0 Å². The van der Waals surface area contributed by atoms with E-state index in [2.05, 4.69) is 4.57 Å². The third-order valence-corrected chi connectivity index (χ3v) is 5.86. The van der Waals surface area contributed by atoms with Crippen LogP contribution in [0.1, 0.15) is 29.2 Å². The number of rotatable bonds is 4. The van der Waals surface area contributed by atoms with Crippen LogP contribution in [0.15, 0.2) is 53.7 Å². The monoisotopic (exact) mass is 368 g/mol. The van der Waals surface area contributed by atoms with Gasteiger partial charge in [-0.15, -0.1) is 0 Å². The van der Waals surface area contributed by atoms with E-state index in [-0.39, 0.29) is 5.91 Å². The quantitative estimate of drug-likeness (QED) is 0.834. The van der Waals surface area contributed by atoms with E-state index >= 15 is 0 Å². The van der Waals surface area contributed by atoms with E-state index in [1.54, 1.807) is 4.90 Å². The summed E-state index contributed by atoms with van der Waals surface area (Å²) < 4.78 is 50.0.